The van der Waals surface area contributed by atoms with Crippen LogP contribution in [-0.4, -0.2) is 23.8 Å². The zero-order chi connectivity index (χ0) is 31.6. The lowest BCUT2D eigenvalue weighted by molar-refractivity contribution is -0.313. The summed E-state index contributed by atoms with van der Waals surface area (Å²) in [4.78, 5) is 39.7. The molecule has 0 aliphatic carbocycles. The molecule has 6 nitrogen and oxygen atoms in total. The monoisotopic (exact) mass is 583 g/mol. The molecule has 3 rings (SSSR count). The Labute approximate surface area is 257 Å². The Morgan fingerprint density at radius 3 is 2.00 bits per heavy atom. The van der Waals surface area contributed by atoms with Crippen molar-refractivity contribution in [2.24, 2.45) is 17.3 Å². The fourth-order valence-corrected chi connectivity index (χ4v) is 5.82. The molecule has 3 aromatic rings. The molecule has 230 valence electrons. The average molecular weight is 584 g/mol. The maximum absolute atomic E-state index is 13.9. The van der Waals surface area contributed by atoms with E-state index in [9.17, 15) is 19.5 Å². The van der Waals surface area contributed by atoms with Crippen molar-refractivity contribution < 1.29 is 19.5 Å². The minimum atomic E-state index is -1.23. The first-order valence-corrected chi connectivity index (χ1v) is 15.4. The summed E-state index contributed by atoms with van der Waals surface area (Å²) in [7, 11) is 0. The van der Waals surface area contributed by atoms with E-state index in [0.29, 0.717) is 32.1 Å². The molecule has 6 heteroatoms. The molecule has 4 unspecified atom stereocenters. The Balaban J connectivity index is 1.81. The highest BCUT2D eigenvalue weighted by Crippen LogP contribution is 2.31. The number of carboxylic acid groups (broad SMARTS) is 1. The Hall–Kier alpha value is -3.93. The van der Waals surface area contributed by atoms with Crippen LogP contribution in [0.3, 0.4) is 0 Å². The van der Waals surface area contributed by atoms with Crippen LogP contribution in [0.5, 0.6) is 0 Å². The van der Waals surface area contributed by atoms with Crippen LogP contribution in [0, 0.1) is 24.2 Å². The smallest absolute Gasteiger partial charge is 0.243 e. The van der Waals surface area contributed by atoms with E-state index in [1.54, 1.807) is 0 Å². The average Bonchev–Trinajstić information content (AvgIpc) is 2.97. The van der Waals surface area contributed by atoms with Crippen LogP contribution in [0.4, 0.5) is 0 Å². The number of nitrogens with one attached hydrogen (secondary N) is 2. The summed E-state index contributed by atoms with van der Waals surface area (Å²) in [5.41, 5.74) is 4.99. The largest absolute Gasteiger partial charge is 0.550 e. The molecular weight excluding hydrogens is 536 g/mol. The lowest BCUT2D eigenvalue weighted by Crippen LogP contribution is -2.56. The minimum Gasteiger partial charge on any atom is -0.550 e. The van der Waals surface area contributed by atoms with Gasteiger partial charge in [0, 0.05) is 17.8 Å². The fraction of sp³-hybridized carbons (Fsp3) is 0.432. The number of aliphatic carboxylic acids is 1. The highest BCUT2D eigenvalue weighted by Gasteiger charge is 2.37. The normalized spacial score (nSPS) is 14.3. The Bertz CT molecular complexity index is 1350. The van der Waals surface area contributed by atoms with Gasteiger partial charge in [-0.2, -0.15) is 0 Å². The SMILES string of the molecule is CCCC(C(=O)[O-])C(CCCc1cccc(C)c1-c1ccccc1)C(=O)NC(C(=O)NC(C)c1ccccc1)C(C)(C)C. The van der Waals surface area contributed by atoms with Crippen LogP contribution in [0.15, 0.2) is 78.9 Å². The van der Waals surface area contributed by atoms with Gasteiger partial charge in [-0.25, -0.2) is 0 Å². The molecule has 0 heterocycles. The van der Waals surface area contributed by atoms with Crippen LogP contribution in [-0.2, 0) is 20.8 Å². The van der Waals surface area contributed by atoms with Gasteiger partial charge in [0.05, 0.1) is 6.04 Å². The summed E-state index contributed by atoms with van der Waals surface area (Å²) in [5, 5.41) is 18.3. The van der Waals surface area contributed by atoms with Gasteiger partial charge in [0.15, 0.2) is 0 Å². The van der Waals surface area contributed by atoms with E-state index in [1.807, 2.05) is 89.2 Å². The second-order valence-electron chi connectivity index (χ2n) is 12.6. The lowest BCUT2D eigenvalue weighted by Gasteiger charge is -2.34. The summed E-state index contributed by atoms with van der Waals surface area (Å²) >= 11 is 0. The standard InChI is InChI=1S/C37H48N2O4/c1-7-16-31(36(42)43)30(24-15-23-29-22-14-17-25(2)32(29)28-20-12-9-13-21-28)34(40)39-33(37(4,5)6)35(41)38-26(3)27-18-10-8-11-19-27/h8-14,17-22,26,30-31,33H,7,15-16,23-24H2,1-6H3,(H,38,41)(H,39,40)(H,42,43)/p-1. The number of hydrogen-bond donors (Lipinski definition) is 2. The van der Waals surface area contributed by atoms with Crippen molar-refractivity contribution in [3.05, 3.63) is 95.6 Å². The molecule has 4 atom stereocenters. The molecule has 0 saturated carbocycles. The van der Waals surface area contributed by atoms with Crippen LogP contribution in [0.2, 0.25) is 0 Å². The van der Waals surface area contributed by atoms with Crippen molar-refractivity contribution >= 4 is 17.8 Å². The number of aryl methyl sites for hydroxylation is 2. The van der Waals surface area contributed by atoms with Gasteiger partial charge in [-0.05, 0) is 72.8 Å². The molecule has 0 bridgehead atoms. The third-order valence-electron chi connectivity index (χ3n) is 8.18. The molecule has 3 aromatic carbocycles. The maximum Gasteiger partial charge on any atom is 0.243 e. The molecule has 0 spiro atoms. The number of carboxylic acids is 1. The van der Waals surface area contributed by atoms with E-state index in [2.05, 4.69) is 41.8 Å². The molecule has 0 aromatic heterocycles. The Kier molecular flexibility index (Phi) is 12.1. The Morgan fingerprint density at radius 1 is 0.791 bits per heavy atom. The molecular formula is C37H47N2O4-. The van der Waals surface area contributed by atoms with E-state index in [4.69, 9.17) is 0 Å². The van der Waals surface area contributed by atoms with Crippen LogP contribution >= 0.6 is 0 Å². The zero-order valence-electron chi connectivity index (χ0n) is 26.5. The highest BCUT2D eigenvalue weighted by molar-refractivity contribution is 5.91. The van der Waals surface area contributed by atoms with Gasteiger partial charge in [-0.15, -0.1) is 0 Å². The zero-order valence-corrected chi connectivity index (χ0v) is 26.5. The first-order valence-electron chi connectivity index (χ1n) is 15.4. The fourth-order valence-electron chi connectivity index (χ4n) is 5.82. The van der Waals surface area contributed by atoms with Crippen LogP contribution in [0.25, 0.3) is 11.1 Å². The van der Waals surface area contributed by atoms with Crippen molar-refractivity contribution in [1.29, 1.82) is 0 Å². The summed E-state index contributed by atoms with van der Waals surface area (Å²) in [6.07, 6.45) is 2.62. The third-order valence-corrected chi connectivity index (χ3v) is 8.18. The van der Waals surface area contributed by atoms with Gasteiger partial charge in [0.2, 0.25) is 11.8 Å². The van der Waals surface area contributed by atoms with E-state index in [0.717, 1.165) is 16.7 Å². The molecule has 0 aliphatic heterocycles. The number of amides is 2. The van der Waals surface area contributed by atoms with Gasteiger partial charge in [0.1, 0.15) is 6.04 Å². The molecule has 0 radical (unpaired) electrons. The van der Waals surface area contributed by atoms with Gasteiger partial charge < -0.3 is 20.5 Å². The topological polar surface area (TPSA) is 98.3 Å². The molecule has 0 saturated heterocycles. The van der Waals surface area contributed by atoms with E-state index >= 15 is 0 Å². The summed E-state index contributed by atoms with van der Waals surface area (Å²) in [6.45, 7) is 11.6. The summed E-state index contributed by atoms with van der Waals surface area (Å²) in [5.74, 6) is -3.71. The first-order chi connectivity index (χ1) is 20.4. The van der Waals surface area contributed by atoms with Gasteiger partial charge in [-0.1, -0.05) is 113 Å². The second kappa shape index (κ2) is 15.5. The van der Waals surface area contributed by atoms with Gasteiger partial charge in [-0.3, -0.25) is 9.59 Å². The number of rotatable bonds is 14. The van der Waals surface area contributed by atoms with E-state index in [1.165, 1.54) is 11.1 Å². The third kappa shape index (κ3) is 9.28. The number of benzene rings is 3. The van der Waals surface area contributed by atoms with Crippen molar-refractivity contribution in [1.82, 2.24) is 10.6 Å². The van der Waals surface area contributed by atoms with Crippen molar-refractivity contribution in [2.45, 2.75) is 85.7 Å². The second-order valence-corrected chi connectivity index (χ2v) is 12.6. The summed E-state index contributed by atoms with van der Waals surface area (Å²) in [6, 6.07) is 25.0. The molecule has 0 aliphatic rings. The predicted molar refractivity (Wildman–Crippen MR) is 171 cm³/mol. The Morgan fingerprint density at radius 2 is 1.42 bits per heavy atom. The lowest BCUT2D eigenvalue weighted by atomic mass is 9.81. The predicted octanol–water partition coefficient (Wildman–Crippen LogP) is 6.18. The van der Waals surface area contributed by atoms with E-state index < -0.39 is 35.2 Å². The molecule has 2 amide bonds. The van der Waals surface area contributed by atoms with Crippen LogP contribution in [0.1, 0.15) is 83.0 Å². The van der Waals surface area contributed by atoms with Crippen molar-refractivity contribution in [2.75, 3.05) is 0 Å². The quantitative estimate of drug-likeness (QED) is 0.237. The van der Waals surface area contributed by atoms with Crippen molar-refractivity contribution in [3.8, 4) is 11.1 Å². The molecule has 2 N–H and O–H groups in total. The minimum absolute atomic E-state index is 0.254. The number of carbonyl (C=O) groups excluding carboxylic acids is 3. The van der Waals surface area contributed by atoms with E-state index in [-0.39, 0.29) is 11.9 Å². The maximum atomic E-state index is 13.9. The van der Waals surface area contributed by atoms with Gasteiger partial charge in [0.25, 0.3) is 0 Å². The highest BCUT2D eigenvalue weighted by atomic mass is 16.4. The molecule has 43 heavy (non-hydrogen) atoms. The number of hydrogen-bond acceptors (Lipinski definition) is 4. The van der Waals surface area contributed by atoms with Crippen molar-refractivity contribution in [3.63, 3.8) is 0 Å². The molecule has 0 fully saturated rings. The van der Waals surface area contributed by atoms with Gasteiger partial charge >= 0.3 is 0 Å². The number of carbonyl (C=O) groups is 3. The first kappa shape index (κ1) is 33.6. The summed E-state index contributed by atoms with van der Waals surface area (Å²) < 4.78 is 0. The van der Waals surface area contributed by atoms with Crippen LogP contribution < -0.4 is 15.7 Å².